The molecule has 2 aliphatic heterocycles. The Balaban J connectivity index is 0.000000201. The second-order valence-corrected chi connectivity index (χ2v) is 26.4. The Morgan fingerprint density at radius 1 is 0.622 bits per heavy atom. The number of ether oxygens (including phenoxy) is 2. The molecule has 17 nitrogen and oxygen atoms in total. The van der Waals surface area contributed by atoms with E-state index in [1.54, 1.807) is 25.2 Å². The molecule has 0 bridgehead atoms. The van der Waals surface area contributed by atoms with Crippen molar-refractivity contribution < 1.29 is 57.2 Å². The molecule has 6 aliphatic rings. The van der Waals surface area contributed by atoms with Crippen molar-refractivity contribution in [1.29, 1.82) is 0 Å². The molecule has 448 valence electrons. The van der Waals surface area contributed by atoms with Gasteiger partial charge < -0.3 is 59.5 Å². The molecule has 0 unspecified atom stereocenters. The van der Waals surface area contributed by atoms with Crippen LogP contribution in [0.15, 0.2) is 72.8 Å². The highest BCUT2D eigenvalue weighted by atomic mass is 35.5. The van der Waals surface area contributed by atoms with Crippen molar-refractivity contribution in [2.45, 2.75) is 126 Å². The molecule has 4 aromatic rings. The first-order chi connectivity index (χ1) is 39.2. The van der Waals surface area contributed by atoms with Crippen molar-refractivity contribution in [2.75, 3.05) is 98.6 Å². The molecular formula is C60H77Cl4N5O12S. The van der Waals surface area contributed by atoms with Gasteiger partial charge in [0, 0.05) is 67.0 Å². The maximum Gasteiger partial charge on any atom is 0.264 e. The number of aryl methyl sites for hydroxylation is 2. The van der Waals surface area contributed by atoms with Crippen LogP contribution in [0.2, 0.25) is 20.1 Å². The van der Waals surface area contributed by atoms with Crippen molar-refractivity contribution in [3.05, 3.63) is 104 Å². The number of hydrogen-bond acceptors (Lipinski definition) is 15. The van der Waals surface area contributed by atoms with Crippen LogP contribution in [0.3, 0.4) is 0 Å². The highest BCUT2D eigenvalue weighted by Gasteiger charge is 2.55. The lowest BCUT2D eigenvalue weighted by Crippen LogP contribution is -2.49. The van der Waals surface area contributed by atoms with Gasteiger partial charge >= 0.3 is 0 Å². The maximum atomic E-state index is 13.8. The first-order valence-corrected chi connectivity index (χ1v) is 32.0. The summed E-state index contributed by atoms with van der Waals surface area (Å²) in [6, 6.07) is 24.6. The number of likely N-dealkylation sites (N-methyl/N-ethyl adjacent to an activating group) is 1. The average molecular weight is 1230 g/mol. The van der Waals surface area contributed by atoms with Crippen LogP contribution < -0.4 is 29.1 Å². The summed E-state index contributed by atoms with van der Waals surface area (Å²) < 4.78 is 39.1. The van der Waals surface area contributed by atoms with E-state index in [1.807, 2.05) is 57.2 Å². The van der Waals surface area contributed by atoms with Gasteiger partial charge in [0.25, 0.3) is 10.1 Å². The minimum atomic E-state index is -3.43. The number of aliphatic hydroxyl groups is 5. The SMILES string of the molecule is CN(CCCCc1cc(Cl)c(OCC2(C(=O)N3CCN(C4CC4)c4ccccc43)CC2)cc1Cl)C[C@H](O)[C@@H](O)[C@H](O)[C@H](O)CO.CS(=O)(=O)OCCCCc1cc(Cl)c(OCC2(C(=O)N3CCN(C4CC4)c4ccccc43)CC2)cc1Cl. The zero-order valence-electron chi connectivity index (χ0n) is 46.6. The lowest BCUT2D eigenvalue weighted by molar-refractivity contribution is -0.125. The molecule has 0 radical (unpaired) electrons. The monoisotopic (exact) mass is 1230 g/mol. The van der Waals surface area contributed by atoms with Gasteiger partial charge in [0.15, 0.2) is 0 Å². The van der Waals surface area contributed by atoms with Crippen LogP contribution in [0, 0.1) is 10.8 Å². The summed E-state index contributed by atoms with van der Waals surface area (Å²) in [6.07, 6.45) is 7.16. The van der Waals surface area contributed by atoms with Gasteiger partial charge in [0.1, 0.15) is 43.0 Å². The lowest BCUT2D eigenvalue weighted by atomic mass is 10.0. The Morgan fingerprint density at radius 3 is 1.46 bits per heavy atom. The van der Waals surface area contributed by atoms with E-state index < -0.39 is 52.0 Å². The van der Waals surface area contributed by atoms with Crippen LogP contribution in [-0.2, 0) is 36.7 Å². The summed E-state index contributed by atoms with van der Waals surface area (Å²) in [5.41, 5.74) is 4.90. The van der Waals surface area contributed by atoms with Gasteiger partial charge in [-0.3, -0.25) is 13.8 Å². The number of nitrogens with zero attached hydrogens (tertiary/aromatic N) is 5. The molecule has 2 amide bonds. The number of rotatable bonds is 27. The van der Waals surface area contributed by atoms with Crippen LogP contribution in [0.4, 0.5) is 22.7 Å². The van der Waals surface area contributed by atoms with Crippen LogP contribution in [-0.4, -0.2) is 166 Å². The molecule has 2 heterocycles. The Kier molecular flexibility index (Phi) is 20.6. The van der Waals surface area contributed by atoms with Crippen molar-refractivity contribution in [3.8, 4) is 11.5 Å². The second kappa shape index (κ2) is 27.0. The minimum absolute atomic E-state index is 0.0855. The van der Waals surface area contributed by atoms with Gasteiger partial charge in [-0.15, -0.1) is 0 Å². The predicted octanol–water partition coefficient (Wildman–Crippen LogP) is 8.33. The van der Waals surface area contributed by atoms with E-state index in [2.05, 4.69) is 21.9 Å². The summed E-state index contributed by atoms with van der Waals surface area (Å²) in [6.45, 7) is 3.69. The molecule has 4 aromatic carbocycles. The Bertz CT molecular complexity index is 3000. The number of halogens is 4. The van der Waals surface area contributed by atoms with Crippen molar-refractivity contribution in [1.82, 2.24) is 4.90 Å². The van der Waals surface area contributed by atoms with Crippen molar-refractivity contribution in [2.24, 2.45) is 10.8 Å². The molecule has 4 saturated carbocycles. The molecule has 0 saturated heterocycles. The highest BCUT2D eigenvalue weighted by Crippen LogP contribution is 2.52. The Hall–Kier alpha value is -4.15. The topological polar surface area (TPSA) is 213 Å². The molecule has 22 heteroatoms. The molecule has 4 atom stereocenters. The fourth-order valence-corrected chi connectivity index (χ4v) is 12.4. The van der Waals surface area contributed by atoms with Crippen molar-refractivity contribution in [3.63, 3.8) is 0 Å². The molecular weight excluding hydrogens is 1160 g/mol. The van der Waals surface area contributed by atoms with Gasteiger partial charge in [0.05, 0.1) is 69.2 Å². The molecule has 0 aromatic heterocycles. The third kappa shape index (κ3) is 15.4. The fraction of sp³-hybridized carbons (Fsp3) is 0.567. The molecule has 82 heavy (non-hydrogen) atoms. The third-order valence-electron chi connectivity index (χ3n) is 16.6. The third-order valence-corrected chi connectivity index (χ3v) is 18.5. The number of para-hydroxylation sites is 4. The summed E-state index contributed by atoms with van der Waals surface area (Å²) in [7, 11) is -1.64. The first-order valence-electron chi connectivity index (χ1n) is 28.6. The zero-order chi connectivity index (χ0) is 58.5. The van der Waals surface area contributed by atoms with E-state index in [4.69, 9.17) is 65.2 Å². The lowest BCUT2D eigenvalue weighted by Gasteiger charge is -2.39. The van der Waals surface area contributed by atoms with Crippen LogP contribution in [0.5, 0.6) is 11.5 Å². The first kappa shape index (κ1) is 62.4. The molecule has 10 rings (SSSR count). The molecule has 4 aliphatic carbocycles. The summed E-state index contributed by atoms with van der Waals surface area (Å²) in [5.74, 6) is 1.15. The Morgan fingerprint density at radius 2 is 1.05 bits per heavy atom. The number of aliphatic hydroxyl groups excluding tert-OH is 5. The van der Waals surface area contributed by atoms with Crippen molar-refractivity contribution >= 4 is 91.1 Å². The van der Waals surface area contributed by atoms with E-state index in [-0.39, 0.29) is 38.2 Å². The number of carbonyl (C=O) groups excluding carboxylic acids is 2. The maximum absolute atomic E-state index is 13.8. The van der Waals surface area contributed by atoms with E-state index in [0.29, 0.717) is 89.0 Å². The fourth-order valence-electron chi connectivity index (χ4n) is 11.0. The minimum Gasteiger partial charge on any atom is -0.491 e. The summed E-state index contributed by atoms with van der Waals surface area (Å²) in [4.78, 5) is 38.1. The van der Waals surface area contributed by atoms with E-state index in [0.717, 1.165) is 91.7 Å². The molecule has 0 spiro atoms. The zero-order valence-corrected chi connectivity index (χ0v) is 50.5. The standard InChI is InChI=1S/C33H45Cl2N3O7.C27H32Cl2N2O5S/c1-36(18-27(40)30(42)31(43)28(41)19-39)13-5-4-6-21-16-24(35)29(17-23(21)34)45-20-33(11-12-33)32(44)38-15-14-37(22-9-10-22)25-7-2-3-8-26(25)38;1-37(33,34)36-15-5-4-6-19-16-22(29)25(17-21(19)28)35-18-27(11-12-27)26(32)31-14-13-30(20-9-10-20)23-7-2-3-8-24(23)31/h2-3,7-8,16-17,22,27-28,30-31,39-43H,4-6,9-15,18-20H2,1H3;2-3,7-8,16-17,20H,4-6,9-15,18H2,1H3/t27-,28+,30+,31+;/m0./s1. The predicted molar refractivity (Wildman–Crippen MR) is 321 cm³/mol. The van der Waals surface area contributed by atoms with Gasteiger partial charge in [-0.05, 0) is 151 Å². The summed E-state index contributed by atoms with van der Waals surface area (Å²) in [5, 5.41) is 50.4. The normalized spacial score (nSPS) is 19.3. The largest absolute Gasteiger partial charge is 0.491 e. The average Bonchev–Trinajstić information content (AvgIpc) is 4.29. The van der Waals surface area contributed by atoms with E-state index in [1.165, 1.54) is 25.7 Å². The van der Waals surface area contributed by atoms with Gasteiger partial charge in [0.2, 0.25) is 11.8 Å². The number of benzene rings is 4. The number of anilines is 4. The molecule has 5 N–H and O–H groups in total. The number of carbonyl (C=O) groups is 2. The van der Waals surface area contributed by atoms with Gasteiger partial charge in [-0.2, -0.15) is 8.42 Å². The highest BCUT2D eigenvalue weighted by molar-refractivity contribution is 7.85. The van der Waals surface area contributed by atoms with Crippen LogP contribution >= 0.6 is 46.4 Å². The number of amides is 2. The quantitative estimate of drug-likeness (QED) is 0.0281. The van der Waals surface area contributed by atoms with Crippen LogP contribution in [0.1, 0.15) is 88.2 Å². The molecule has 4 fully saturated rings. The van der Waals surface area contributed by atoms with Gasteiger partial charge in [-0.25, -0.2) is 0 Å². The summed E-state index contributed by atoms with van der Waals surface area (Å²) >= 11 is 26.2. The Labute approximate surface area is 501 Å². The van der Waals surface area contributed by atoms with E-state index >= 15 is 0 Å². The van der Waals surface area contributed by atoms with E-state index in [9.17, 15) is 38.4 Å². The number of hydrogen-bond donors (Lipinski definition) is 5. The number of fused-ring (bicyclic) bond motifs is 2. The second-order valence-electron chi connectivity index (χ2n) is 23.1. The smallest absolute Gasteiger partial charge is 0.264 e. The van der Waals surface area contributed by atoms with Gasteiger partial charge in [-0.1, -0.05) is 70.7 Å². The number of unbranched alkanes of at least 4 members (excludes halogenated alkanes) is 2. The van der Waals surface area contributed by atoms with Crippen LogP contribution in [0.25, 0.3) is 0 Å².